The molecule has 0 saturated carbocycles. The molecular formula is C16H20N6OS. The molecule has 1 aliphatic rings. The Labute approximate surface area is 144 Å². The molecule has 0 radical (unpaired) electrons. The number of nitrogens with zero attached hydrogens (tertiary/aromatic N) is 2. The van der Waals surface area contributed by atoms with Gasteiger partial charge in [0.05, 0.1) is 12.2 Å². The van der Waals surface area contributed by atoms with Crippen LogP contribution in [0.5, 0.6) is 0 Å². The van der Waals surface area contributed by atoms with Gasteiger partial charge >= 0.3 is 6.03 Å². The van der Waals surface area contributed by atoms with Crippen molar-refractivity contribution < 1.29 is 4.79 Å². The van der Waals surface area contributed by atoms with Crippen LogP contribution in [0.1, 0.15) is 16.1 Å². The van der Waals surface area contributed by atoms with Gasteiger partial charge in [-0.25, -0.2) is 9.78 Å². The second-order valence-corrected chi connectivity index (χ2v) is 6.65. The number of guanidine groups is 1. The van der Waals surface area contributed by atoms with E-state index in [-0.39, 0.29) is 12.0 Å². The first-order valence-electron chi connectivity index (χ1n) is 7.78. The first-order valence-corrected chi connectivity index (χ1v) is 8.60. The Hall–Kier alpha value is -2.61. The maximum Gasteiger partial charge on any atom is 0.317 e. The van der Waals surface area contributed by atoms with E-state index in [1.54, 1.807) is 4.90 Å². The van der Waals surface area contributed by atoms with E-state index >= 15 is 0 Å². The van der Waals surface area contributed by atoms with Gasteiger partial charge in [-0.2, -0.15) is 0 Å². The summed E-state index contributed by atoms with van der Waals surface area (Å²) in [7, 11) is 0. The molecule has 1 aliphatic heterocycles. The van der Waals surface area contributed by atoms with Crippen molar-refractivity contribution in [2.45, 2.75) is 19.4 Å². The topological polar surface area (TPSA) is 107 Å². The Kier molecular flexibility index (Phi) is 4.95. The third-order valence-electron chi connectivity index (χ3n) is 3.79. The van der Waals surface area contributed by atoms with Gasteiger partial charge in [0.15, 0.2) is 11.1 Å². The summed E-state index contributed by atoms with van der Waals surface area (Å²) >= 11 is 1.44. The van der Waals surface area contributed by atoms with Gasteiger partial charge in [0.25, 0.3) is 0 Å². The van der Waals surface area contributed by atoms with Gasteiger partial charge in [0, 0.05) is 24.4 Å². The summed E-state index contributed by atoms with van der Waals surface area (Å²) in [6.45, 7) is 1.81. The van der Waals surface area contributed by atoms with E-state index in [0.717, 1.165) is 23.4 Å². The smallest absolute Gasteiger partial charge is 0.317 e. The number of nitrogens with one attached hydrogen (secondary N) is 3. The van der Waals surface area contributed by atoms with Crippen molar-refractivity contribution in [3.05, 3.63) is 46.5 Å². The highest BCUT2D eigenvalue weighted by molar-refractivity contribution is 7.15. The number of hydrogen-bond donors (Lipinski definition) is 4. The number of rotatable bonds is 4. The van der Waals surface area contributed by atoms with Crippen molar-refractivity contribution >= 4 is 28.5 Å². The van der Waals surface area contributed by atoms with Crippen LogP contribution in [-0.2, 0) is 19.4 Å². The van der Waals surface area contributed by atoms with Crippen molar-refractivity contribution in [2.24, 2.45) is 5.73 Å². The normalized spacial score (nSPS) is 13.2. The van der Waals surface area contributed by atoms with E-state index in [2.05, 4.69) is 27.8 Å². The Morgan fingerprint density at radius 3 is 2.92 bits per heavy atom. The van der Waals surface area contributed by atoms with Crippen LogP contribution in [0.4, 0.5) is 9.93 Å². The van der Waals surface area contributed by atoms with Crippen molar-refractivity contribution in [3.8, 4) is 0 Å². The fourth-order valence-corrected chi connectivity index (χ4v) is 3.64. The Morgan fingerprint density at radius 1 is 1.38 bits per heavy atom. The minimum atomic E-state index is -0.128. The Bertz CT molecular complexity index is 729. The summed E-state index contributed by atoms with van der Waals surface area (Å²) in [6.07, 6.45) is 1.54. The number of thiazole rings is 1. The van der Waals surface area contributed by atoms with Crippen LogP contribution >= 0.6 is 11.3 Å². The average Bonchev–Trinajstić information content (AvgIpc) is 2.96. The number of carbonyl (C=O) groups is 1. The Balaban J connectivity index is 1.52. The van der Waals surface area contributed by atoms with Crippen LogP contribution in [0, 0.1) is 5.41 Å². The van der Waals surface area contributed by atoms with Crippen LogP contribution in [0.3, 0.4) is 0 Å². The van der Waals surface area contributed by atoms with Crippen LogP contribution in [-0.4, -0.2) is 35.0 Å². The molecule has 24 heavy (non-hydrogen) atoms. The number of anilines is 1. The lowest BCUT2D eigenvalue weighted by Crippen LogP contribution is -2.43. The number of hydrogen-bond acceptors (Lipinski definition) is 4. The summed E-state index contributed by atoms with van der Waals surface area (Å²) in [6, 6.07) is 10.0. The first-order chi connectivity index (χ1) is 11.6. The van der Waals surface area contributed by atoms with E-state index in [1.807, 2.05) is 18.2 Å². The number of aromatic nitrogens is 1. The summed E-state index contributed by atoms with van der Waals surface area (Å²) in [5.41, 5.74) is 7.52. The second kappa shape index (κ2) is 7.31. The lowest BCUT2D eigenvalue weighted by Gasteiger charge is -2.26. The molecule has 0 saturated heterocycles. The molecule has 0 unspecified atom stereocenters. The van der Waals surface area contributed by atoms with Crippen molar-refractivity contribution in [2.75, 3.05) is 18.4 Å². The molecule has 2 amide bonds. The highest BCUT2D eigenvalue weighted by Gasteiger charge is 2.24. The molecule has 126 valence electrons. The molecule has 1 aromatic heterocycles. The molecule has 0 spiro atoms. The summed E-state index contributed by atoms with van der Waals surface area (Å²) in [5.74, 6) is -0.128. The minimum absolute atomic E-state index is 0.0499. The largest absolute Gasteiger partial charge is 0.370 e. The van der Waals surface area contributed by atoms with Crippen molar-refractivity contribution in [3.63, 3.8) is 0 Å². The van der Waals surface area contributed by atoms with Crippen LogP contribution < -0.4 is 16.4 Å². The SMILES string of the molecule is N=C(N)Nc1nc2c(s1)CN(C(=O)NCCc1ccccc1)CC2. The van der Waals surface area contributed by atoms with Gasteiger partial charge < -0.3 is 21.3 Å². The number of fused-ring (bicyclic) bond motifs is 1. The van der Waals surface area contributed by atoms with E-state index in [1.165, 1.54) is 16.9 Å². The van der Waals surface area contributed by atoms with Gasteiger partial charge in [-0.15, -0.1) is 0 Å². The highest BCUT2D eigenvalue weighted by atomic mass is 32.1. The predicted octanol–water partition coefficient (Wildman–Crippen LogP) is 1.76. The lowest BCUT2D eigenvalue weighted by molar-refractivity contribution is 0.193. The molecule has 0 bridgehead atoms. The molecule has 2 heterocycles. The van der Waals surface area contributed by atoms with Crippen LogP contribution in [0.2, 0.25) is 0 Å². The van der Waals surface area contributed by atoms with E-state index in [9.17, 15) is 4.79 Å². The molecule has 0 fully saturated rings. The number of amides is 2. The zero-order valence-corrected chi connectivity index (χ0v) is 14.0. The van der Waals surface area contributed by atoms with Crippen molar-refractivity contribution in [1.29, 1.82) is 5.41 Å². The lowest BCUT2D eigenvalue weighted by atomic mass is 10.1. The van der Waals surface area contributed by atoms with Gasteiger partial charge in [-0.3, -0.25) is 5.41 Å². The fourth-order valence-electron chi connectivity index (χ4n) is 2.61. The fraction of sp³-hybridized carbons (Fsp3) is 0.312. The molecule has 3 rings (SSSR count). The van der Waals surface area contributed by atoms with Gasteiger partial charge in [0.2, 0.25) is 0 Å². The van der Waals surface area contributed by atoms with E-state index < -0.39 is 0 Å². The molecular weight excluding hydrogens is 324 g/mol. The average molecular weight is 344 g/mol. The van der Waals surface area contributed by atoms with Crippen molar-refractivity contribution in [1.82, 2.24) is 15.2 Å². The standard InChI is InChI=1S/C16H20N6OS/c17-14(18)21-15-20-12-7-9-22(10-13(12)24-15)16(23)19-8-6-11-4-2-1-3-5-11/h1-5H,6-10H2,(H,19,23)(H4,17,18,20,21). The number of nitrogens with two attached hydrogens (primary N) is 1. The number of carbonyl (C=O) groups excluding carboxylic acids is 1. The van der Waals surface area contributed by atoms with Crippen LogP contribution in [0.15, 0.2) is 30.3 Å². The summed E-state index contributed by atoms with van der Waals surface area (Å²) in [4.78, 5) is 19.6. The molecule has 5 N–H and O–H groups in total. The predicted molar refractivity (Wildman–Crippen MR) is 95.3 cm³/mol. The third-order valence-corrected chi connectivity index (χ3v) is 4.79. The molecule has 7 nitrogen and oxygen atoms in total. The summed E-state index contributed by atoms with van der Waals surface area (Å²) < 4.78 is 0. The number of benzene rings is 1. The summed E-state index contributed by atoms with van der Waals surface area (Å²) in [5, 5.41) is 13.5. The van der Waals surface area contributed by atoms with Crippen LogP contribution in [0.25, 0.3) is 0 Å². The monoisotopic (exact) mass is 344 g/mol. The maximum absolute atomic E-state index is 12.3. The second-order valence-electron chi connectivity index (χ2n) is 5.57. The highest BCUT2D eigenvalue weighted by Crippen LogP contribution is 2.28. The number of urea groups is 1. The molecule has 0 aliphatic carbocycles. The van der Waals surface area contributed by atoms with Gasteiger partial charge in [-0.05, 0) is 12.0 Å². The zero-order chi connectivity index (χ0) is 16.9. The van der Waals surface area contributed by atoms with Gasteiger partial charge in [0.1, 0.15) is 0 Å². The molecule has 1 aromatic carbocycles. The minimum Gasteiger partial charge on any atom is -0.370 e. The first kappa shape index (κ1) is 16.3. The quantitative estimate of drug-likeness (QED) is 0.501. The molecule has 0 atom stereocenters. The molecule has 8 heteroatoms. The molecule has 2 aromatic rings. The van der Waals surface area contributed by atoms with E-state index in [0.29, 0.717) is 24.8 Å². The van der Waals surface area contributed by atoms with Gasteiger partial charge in [-0.1, -0.05) is 41.7 Å². The van der Waals surface area contributed by atoms with E-state index in [4.69, 9.17) is 11.1 Å². The third kappa shape index (κ3) is 4.02. The zero-order valence-electron chi connectivity index (χ0n) is 13.2. The maximum atomic E-state index is 12.3. The Morgan fingerprint density at radius 2 is 2.17 bits per heavy atom.